The van der Waals surface area contributed by atoms with Crippen LogP contribution >= 0.6 is 0 Å². The lowest BCUT2D eigenvalue weighted by atomic mass is 10.1. The number of aromatic nitrogens is 1. The van der Waals surface area contributed by atoms with Gasteiger partial charge in [0.1, 0.15) is 0 Å². The zero-order valence-electron chi connectivity index (χ0n) is 13.1. The fourth-order valence-electron chi connectivity index (χ4n) is 2.90. The van der Waals surface area contributed by atoms with Gasteiger partial charge in [-0.25, -0.2) is 0 Å². The highest BCUT2D eigenvalue weighted by Crippen LogP contribution is 2.30. The van der Waals surface area contributed by atoms with Crippen LogP contribution < -0.4 is 0 Å². The van der Waals surface area contributed by atoms with E-state index >= 15 is 0 Å². The van der Waals surface area contributed by atoms with E-state index in [4.69, 9.17) is 0 Å². The fraction of sp³-hybridized carbons (Fsp3) is 0.150. The maximum atomic E-state index is 11.7. The summed E-state index contributed by atoms with van der Waals surface area (Å²) in [7, 11) is 0. The maximum absolute atomic E-state index is 11.7. The molecule has 2 aromatic carbocycles. The Hall–Kier alpha value is -2.61. The summed E-state index contributed by atoms with van der Waals surface area (Å²) in [5, 5.41) is 1.18. The minimum atomic E-state index is 0.0907. The van der Waals surface area contributed by atoms with Crippen LogP contribution in [0.3, 0.4) is 0 Å². The van der Waals surface area contributed by atoms with Crippen LogP contribution in [0.5, 0.6) is 0 Å². The van der Waals surface area contributed by atoms with Crippen molar-refractivity contribution in [2.75, 3.05) is 0 Å². The Morgan fingerprint density at radius 2 is 1.82 bits per heavy atom. The van der Waals surface area contributed by atoms with Crippen molar-refractivity contribution in [3.63, 3.8) is 0 Å². The minimum Gasteiger partial charge on any atom is -0.310 e. The predicted molar refractivity (Wildman–Crippen MR) is 92.7 cm³/mol. The Balaban J connectivity index is 2.42. The molecule has 0 radical (unpaired) electrons. The summed E-state index contributed by atoms with van der Waals surface area (Å²) in [6.07, 6.45) is 4.17. The number of ketones is 1. The van der Waals surface area contributed by atoms with Crippen LogP contribution in [0.25, 0.3) is 22.7 Å². The highest BCUT2D eigenvalue weighted by Gasteiger charge is 2.14. The number of fused-ring (bicyclic) bond motifs is 1. The van der Waals surface area contributed by atoms with E-state index in [0.29, 0.717) is 0 Å². The molecule has 110 valence electrons. The average molecular weight is 289 g/mol. The first-order chi connectivity index (χ1) is 10.6. The molecule has 0 spiro atoms. The molecule has 0 unspecified atom stereocenters. The van der Waals surface area contributed by atoms with Crippen LogP contribution in [-0.4, -0.2) is 10.4 Å². The van der Waals surface area contributed by atoms with Crippen molar-refractivity contribution >= 4 is 22.8 Å². The molecule has 0 aliphatic heterocycles. The zero-order chi connectivity index (χ0) is 15.7. The number of rotatable bonds is 3. The molecule has 0 amide bonds. The second kappa shape index (κ2) is 5.64. The van der Waals surface area contributed by atoms with Crippen molar-refractivity contribution < 1.29 is 4.79 Å². The van der Waals surface area contributed by atoms with Crippen molar-refractivity contribution in [1.29, 1.82) is 0 Å². The van der Waals surface area contributed by atoms with Crippen LogP contribution in [-0.2, 0) is 0 Å². The number of carbonyl (C=O) groups is 1. The van der Waals surface area contributed by atoms with E-state index in [2.05, 4.69) is 29.7 Å². The summed E-state index contributed by atoms with van der Waals surface area (Å²) < 4.78 is 2.22. The standard InChI is InChI=1S/C20H19NO/c1-4-8-19-14(2)18-12-11-16(15(3)22)13-20(18)21(19)17-9-6-5-7-10-17/h4-13H,1-3H3/b8-4-. The second-order valence-corrected chi connectivity index (χ2v) is 5.47. The van der Waals surface area contributed by atoms with Crippen LogP contribution in [0.15, 0.2) is 54.6 Å². The van der Waals surface area contributed by atoms with Crippen LogP contribution in [0.4, 0.5) is 0 Å². The van der Waals surface area contributed by atoms with E-state index in [9.17, 15) is 4.79 Å². The number of nitrogens with zero attached hydrogens (tertiary/aromatic N) is 1. The molecule has 1 heterocycles. The van der Waals surface area contributed by atoms with Gasteiger partial charge in [0, 0.05) is 22.3 Å². The Bertz CT molecular complexity index is 870. The summed E-state index contributed by atoms with van der Waals surface area (Å²) in [4.78, 5) is 11.7. The number of hydrogen-bond acceptors (Lipinski definition) is 1. The summed E-state index contributed by atoms with van der Waals surface area (Å²) in [5.41, 5.74) is 5.31. The van der Waals surface area contributed by atoms with Crippen molar-refractivity contribution in [2.24, 2.45) is 0 Å². The van der Waals surface area contributed by atoms with E-state index in [-0.39, 0.29) is 5.78 Å². The van der Waals surface area contributed by atoms with Gasteiger partial charge in [-0.05, 0) is 50.6 Å². The topological polar surface area (TPSA) is 22.0 Å². The third kappa shape index (κ3) is 2.27. The summed E-state index contributed by atoms with van der Waals surface area (Å²) in [6.45, 7) is 5.76. The molecule has 3 rings (SSSR count). The SMILES string of the molecule is C/C=C\c1c(C)c2ccc(C(C)=O)cc2n1-c1ccccc1. The average Bonchev–Trinajstić information content (AvgIpc) is 2.81. The summed E-state index contributed by atoms with van der Waals surface area (Å²) in [5.74, 6) is 0.0907. The Morgan fingerprint density at radius 3 is 2.45 bits per heavy atom. The fourth-order valence-corrected chi connectivity index (χ4v) is 2.90. The molecule has 2 heteroatoms. The number of carbonyl (C=O) groups excluding carboxylic acids is 1. The Kier molecular flexibility index (Phi) is 3.68. The normalized spacial score (nSPS) is 11.4. The molecule has 0 atom stereocenters. The van der Waals surface area contributed by atoms with E-state index in [0.717, 1.165) is 22.5 Å². The first kappa shape index (κ1) is 14.3. The van der Waals surface area contributed by atoms with Gasteiger partial charge in [0.15, 0.2) is 5.78 Å². The highest BCUT2D eigenvalue weighted by molar-refractivity contribution is 5.99. The molecule has 0 saturated carbocycles. The van der Waals surface area contributed by atoms with Gasteiger partial charge in [-0.1, -0.05) is 36.4 Å². The molecule has 2 nitrogen and oxygen atoms in total. The predicted octanol–water partition coefficient (Wildman–Crippen LogP) is 5.17. The van der Waals surface area contributed by atoms with E-state index in [1.807, 2.05) is 49.4 Å². The maximum Gasteiger partial charge on any atom is 0.159 e. The number of allylic oxidation sites excluding steroid dienone is 1. The lowest BCUT2D eigenvalue weighted by Gasteiger charge is -2.09. The summed E-state index contributed by atoms with van der Waals surface area (Å²) >= 11 is 0. The monoisotopic (exact) mass is 289 g/mol. The number of hydrogen-bond donors (Lipinski definition) is 0. The second-order valence-electron chi connectivity index (χ2n) is 5.47. The third-order valence-electron chi connectivity index (χ3n) is 4.01. The lowest BCUT2D eigenvalue weighted by molar-refractivity contribution is 0.101. The van der Waals surface area contributed by atoms with Gasteiger partial charge in [-0.3, -0.25) is 4.79 Å². The molecule has 0 bridgehead atoms. The minimum absolute atomic E-state index is 0.0907. The van der Waals surface area contributed by atoms with Gasteiger partial charge >= 0.3 is 0 Å². The van der Waals surface area contributed by atoms with Gasteiger partial charge in [-0.15, -0.1) is 0 Å². The van der Waals surface area contributed by atoms with Crippen LogP contribution in [0, 0.1) is 6.92 Å². The van der Waals surface area contributed by atoms with Gasteiger partial charge in [0.05, 0.1) is 5.52 Å². The van der Waals surface area contributed by atoms with Crippen molar-refractivity contribution in [3.05, 3.63) is 71.4 Å². The molecular weight excluding hydrogens is 270 g/mol. The van der Waals surface area contributed by atoms with Gasteiger partial charge in [0.2, 0.25) is 0 Å². The summed E-state index contributed by atoms with van der Waals surface area (Å²) in [6, 6.07) is 16.2. The lowest BCUT2D eigenvalue weighted by Crippen LogP contribution is -1.98. The Labute approximate surface area is 130 Å². The molecule has 0 aliphatic rings. The third-order valence-corrected chi connectivity index (χ3v) is 4.01. The molecule has 0 fully saturated rings. The van der Waals surface area contributed by atoms with Crippen molar-refractivity contribution in [2.45, 2.75) is 20.8 Å². The zero-order valence-corrected chi connectivity index (χ0v) is 13.1. The van der Waals surface area contributed by atoms with E-state index in [1.165, 1.54) is 10.9 Å². The van der Waals surface area contributed by atoms with Crippen LogP contribution in [0.1, 0.15) is 35.5 Å². The molecule has 0 N–H and O–H groups in total. The number of Topliss-reactive ketones (excluding diaryl/α,β-unsaturated/α-hetero) is 1. The van der Waals surface area contributed by atoms with Gasteiger partial charge in [0.25, 0.3) is 0 Å². The largest absolute Gasteiger partial charge is 0.310 e. The quantitative estimate of drug-likeness (QED) is 0.609. The Morgan fingerprint density at radius 1 is 1.09 bits per heavy atom. The number of aryl methyl sites for hydroxylation is 1. The van der Waals surface area contributed by atoms with Crippen molar-refractivity contribution in [1.82, 2.24) is 4.57 Å². The number of para-hydroxylation sites is 1. The van der Waals surface area contributed by atoms with Crippen LogP contribution in [0.2, 0.25) is 0 Å². The van der Waals surface area contributed by atoms with E-state index in [1.54, 1.807) is 6.92 Å². The first-order valence-electron chi connectivity index (χ1n) is 7.47. The highest BCUT2D eigenvalue weighted by atomic mass is 16.1. The number of benzene rings is 2. The van der Waals surface area contributed by atoms with Gasteiger partial charge in [-0.2, -0.15) is 0 Å². The van der Waals surface area contributed by atoms with Crippen molar-refractivity contribution in [3.8, 4) is 5.69 Å². The molecule has 3 aromatic rings. The van der Waals surface area contributed by atoms with Gasteiger partial charge < -0.3 is 4.57 Å². The first-order valence-corrected chi connectivity index (χ1v) is 7.47. The smallest absolute Gasteiger partial charge is 0.159 e. The van der Waals surface area contributed by atoms with E-state index < -0.39 is 0 Å². The molecule has 1 aromatic heterocycles. The molecule has 0 saturated heterocycles. The molecular formula is C20H19NO. The molecule has 22 heavy (non-hydrogen) atoms. The molecule has 0 aliphatic carbocycles.